The number of hydrogen-bond acceptors (Lipinski definition) is 2. The Morgan fingerprint density at radius 3 is 2.32 bits per heavy atom. The highest BCUT2D eigenvalue weighted by Gasteiger charge is 2.28. The van der Waals surface area contributed by atoms with Crippen LogP contribution in [0.3, 0.4) is 0 Å². The van der Waals surface area contributed by atoms with Gasteiger partial charge in [-0.2, -0.15) is 0 Å². The van der Waals surface area contributed by atoms with E-state index in [0.717, 1.165) is 12.1 Å². The summed E-state index contributed by atoms with van der Waals surface area (Å²) in [4.78, 5) is 13.6. The summed E-state index contributed by atoms with van der Waals surface area (Å²) in [5.74, 6) is -4.95. The molecule has 0 unspecified atom stereocenters. The SMILES string of the molecule is C[C@@H]1CN(C(=O)c2ccc(F)c(F)c2F)C[C@@H](C)N1. The molecule has 1 N–H and O–H groups in total. The molecule has 1 aliphatic heterocycles. The maximum atomic E-state index is 13.6. The molecule has 2 atom stereocenters. The van der Waals surface area contributed by atoms with Crippen LogP contribution in [0, 0.1) is 17.5 Å². The Bertz CT molecular complexity index is 497. The average molecular weight is 272 g/mol. The van der Waals surface area contributed by atoms with E-state index in [2.05, 4.69) is 5.32 Å². The number of benzene rings is 1. The first kappa shape index (κ1) is 13.9. The molecule has 1 aromatic rings. The van der Waals surface area contributed by atoms with Crippen molar-refractivity contribution in [2.75, 3.05) is 13.1 Å². The molecule has 0 aliphatic carbocycles. The van der Waals surface area contributed by atoms with Gasteiger partial charge in [0, 0.05) is 25.2 Å². The second kappa shape index (κ2) is 5.21. The van der Waals surface area contributed by atoms with Gasteiger partial charge >= 0.3 is 0 Å². The van der Waals surface area contributed by atoms with Crippen LogP contribution in [-0.4, -0.2) is 36.0 Å². The monoisotopic (exact) mass is 272 g/mol. The number of amides is 1. The molecule has 1 aromatic carbocycles. The minimum atomic E-state index is -1.61. The number of carbonyl (C=O) groups excluding carboxylic acids is 1. The molecule has 2 rings (SSSR count). The highest BCUT2D eigenvalue weighted by molar-refractivity contribution is 5.94. The van der Waals surface area contributed by atoms with Gasteiger partial charge in [0.2, 0.25) is 0 Å². The summed E-state index contributed by atoms with van der Waals surface area (Å²) >= 11 is 0. The molecule has 0 radical (unpaired) electrons. The molecule has 1 aliphatic rings. The van der Waals surface area contributed by atoms with E-state index in [9.17, 15) is 18.0 Å². The van der Waals surface area contributed by atoms with Crippen molar-refractivity contribution in [3.05, 3.63) is 35.1 Å². The molecule has 104 valence electrons. The van der Waals surface area contributed by atoms with Crippen molar-refractivity contribution in [1.82, 2.24) is 10.2 Å². The van der Waals surface area contributed by atoms with Gasteiger partial charge in [0.05, 0.1) is 5.56 Å². The van der Waals surface area contributed by atoms with Crippen LogP contribution in [0.1, 0.15) is 24.2 Å². The lowest BCUT2D eigenvalue weighted by Gasteiger charge is -2.36. The van der Waals surface area contributed by atoms with Gasteiger partial charge in [-0.3, -0.25) is 4.79 Å². The van der Waals surface area contributed by atoms with E-state index in [4.69, 9.17) is 0 Å². The number of nitrogens with zero attached hydrogens (tertiary/aromatic N) is 1. The molecule has 1 saturated heterocycles. The summed E-state index contributed by atoms with van der Waals surface area (Å²) in [6.07, 6.45) is 0. The van der Waals surface area contributed by atoms with Crippen LogP contribution in [0.25, 0.3) is 0 Å². The van der Waals surface area contributed by atoms with Crippen LogP contribution in [0.2, 0.25) is 0 Å². The van der Waals surface area contributed by atoms with Crippen molar-refractivity contribution in [2.45, 2.75) is 25.9 Å². The molecule has 0 spiro atoms. The first-order chi connectivity index (χ1) is 8.90. The van der Waals surface area contributed by atoms with Crippen LogP contribution in [0.4, 0.5) is 13.2 Å². The standard InChI is InChI=1S/C13H15F3N2O/c1-7-5-18(6-8(2)17-7)13(19)9-3-4-10(14)12(16)11(9)15/h3-4,7-8,17H,5-6H2,1-2H3/t7-,8-/m1/s1. The minimum absolute atomic E-state index is 0.0704. The Kier molecular flexibility index (Phi) is 3.80. The quantitative estimate of drug-likeness (QED) is 0.792. The van der Waals surface area contributed by atoms with Gasteiger partial charge in [-0.05, 0) is 26.0 Å². The first-order valence-electron chi connectivity index (χ1n) is 6.09. The number of nitrogens with one attached hydrogen (secondary N) is 1. The van der Waals surface area contributed by atoms with Crippen LogP contribution in [0.15, 0.2) is 12.1 Å². The average Bonchev–Trinajstić information content (AvgIpc) is 2.34. The van der Waals surface area contributed by atoms with E-state index in [1.165, 1.54) is 4.90 Å². The smallest absolute Gasteiger partial charge is 0.257 e. The van der Waals surface area contributed by atoms with Gasteiger partial charge in [0.25, 0.3) is 5.91 Å². The summed E-state index contributed by atoms with van der Waals surface area (Å²) in [6.45, 7) is 4.61. The molecule has 19 heavy (non-hydrogen) atoms. The van der Waals surface area contributed by atoms with Crippen LogP contribution in [-0.2, 0) is 0 Å². The van der Waals surface area contributed by atoms with E-state index in [-0.39, 0.29) is 12.1 Å². The molecule has 1 heterocycles. The molecule has 0 bridgehead atoms. The third-order valence-electron chi connectivity index (χ3n) is 3.11. The van der Waals surface area contributed by atoms with Crippen LogP contribution < -0.4 is 5.32 Å². The van der Waals surface area contributed by atoms with Crippen molar-refractivity contribution >= 4 is 5.91 Å². The van der Waals surface area contributed by atoms with Gasteiger partial charge in [-0.15, -0.1) is 0 Å². The highest BCUT2D eigenvalue weighted by atomic mass is 19.2. The molecule has 0 saturated carbocycles. The van der Waals surface area contributed by atoms with E-state index in [1.807, 2.05) is 13.8 Å². The molecule has 0 aromatic heterocycles. The molecule has 1 fully saturated rings. The number of rotatable bonds is 1. The van der Waals surface area contributed by atoms with E-state index in [0.29, 0.717) is 13.1 Å². The van der Waals surface area contributed by atoms with Crippen LogP contribution >= 0.6 is 0 Å². The number of piperazine rings is 1. The summed E-state index contributed by atoms with van der Waals surface area (Å²) in [7, 11) is 0. The number of carbonyl (C=O) groups is 1. The first-order valence-corrected chi connectivity index (χ1v) is 6.09. The minimum Gasteiger partial charge on any atom is -0.335 e. The number of hydrogen-bond donors (Lipinski definition) is 1. The normalized spacial score (nSPS) is 23.5. The predicted octanol–water partition coefficient (Wildman–Crippen LogP) is 1.93. The lowest BCUT2D eigenvalue weighted by Crippen LogP contribution is -2.56. The van der Waals surface area contributed by atoms with E-state index >= 15 is 0 Å². The Morgan fingerprint density at radius 2 is 1.74 bits per heavy atom. The lowest BCUT2D eigenvalue weighted by molar-refractivity contribution is 0.0667. The molecule has 6 heteroatoms. The predicted molar refractivity (Wildman–Crippen MR) is 64.3 cm³/mol. The zero-order valence-corrected chi connectivity index (χ0v) is 10.7. The van der Waals surface area contributed by atoms with E-state index < -0.39 is 28.9 Å². The molecular weight excluding hydrogens is 257 g/mol. The maximum Gasteiger partial charge on any atom is 0.257 e. The summed E-state index contributed by atoms with van der Waals surface area (Å²) < 4.78 is 39.6. The maximum absolute atomic E-state index is 13.6. The van der Waals surface area contributed by atoms with Crippen molar-refractivity contribution < 1.29 is 18.0 Å². The van der Waals surface area contributed by atoms with Crippen molar-refractivity contribution in [1.29, 1.82) is 0 Å². The fourth-order valence-electron chi connectivity index (χ4n) is 2.35. The Balaban J connectivity index is 2.27. The van der Waals surface area contributed by atoms with Crippen molar-refractivity contribution in [3.63, 3.8) is 0 Å². The fourth-order valence-corrected chi connectivity index (χ4v) is 2.35. The van der Waals surface area contributed by atoms with Crippen molar-refractivity contribution in [2.24, 2.45) is 0 Å². The molecular formula is C13H15F3N2O. The van der Waals surface area contributed by atoms with Gasteiger partial charge in [-0.1, -0.05) is 0 Å². The van der Waals surface area contributed by atoms with E-state index in [1.54, 1.807) is 0 Å². The second-order valence-corrected chi connectivity index (χ2v) is 4.90. The summed E-state index contributed by atoms with van der Waals surface area (Å²) in [5.41, 5.74) is -0.430. The molecule has 1 amide bonds. The van der Waals surface area contributed by atoms with Gasteiger partial charge < -0.3 is 10.2 Å². The zero-order chi connectivity index (χ0) is 14.2. The Hall–Kier alpha value is -1.56. The Morgan fingerprint density at radius 1 is 1.16 bits per heavy atom. The van der Waals surface area contributed by atoms with Gasteiger partial charge in [-0.25, -0.2) is 13.2 Å². The summed E-state index contributed by atoms with van der Waals surface area (Å²) in [6, 6.07) is 1.89. The van der Waals surface area contributed by atoms with Crippen molar-refractivity contribution in [3.8, 4) is 0 Å². The van der Waals surface area contributed by atoms with Gasteiger partial charge in [0.15, 0.2) is 17.5 Å². The third kappa shape index (κ3) is 2.73. The lowest BCUT2D eigenvalue weighted by atomic mass is 10.1. The largest absolute Gasteiger partial charge is 0.335 e. The fraction of sp³-hybridized carbons (Fsp3) is 0.462. The summed E-state index contributed by atoms with van der Waals surface area (Å²) in [5, 5.41) is 3.23. The number of halogens is 3. The molecule has 3 nitrogen and oxygen atoms in total. The van der Waals surface area contributed by atoms with Crippen LogP contribution in [0.5, 0.6) is 0 Å². The Labute approximate surface area is 109 Å². The highest BCUT2D eigenvalue weighted by Crippen LogP contribution is 2.18. The van der Waals surface area contributed by atoms with Gasteiger partial charge in [0.1, 0.15) is 0 Å². The second-order valence-electron chi connectivity index (χ2n) is 4.90. The zero-order valence-electron chi connectivity index (χ0n) is 10.7. The third-order valence-corrected chi connectivity index (χ3v) is 3.11. The topological polar surface area (TPSA) is 32.3 Å².